The summed E-state index contributed by atoms with van der Waals surface area (Å²) in [5, 5.41) is 2.67. The van der Waals surface area contributed by atoms with Crippen molar-refractivity contribution >= 4 is 29.4 Å². The zero-order chi connectivity index (χ0) is 26.6. The molecule has 36 heavy (non-hydrogen) atoms. The van der Waals surface area contributed by atoms with Gasteiger partial charge in [-0.05, 0) is 31.2 Å². The number of amides is 4. The SMILES string of the molecule is CCCCn1c(N)c(N(CCC(C)C)C(=O)CN2C(=O)NC(C)(c3ccccc3)C2=O)c(=O)[nH]c1=O. The lowest BCUT2D eigenvalue weighted by Gasteiger charge is -2.27. The molecule has 4 amide bonds. The Morgan fingerprint density at radius 3 is 2.42 bits per heavy atom. The quantitative estimate of drug-likeness (QED) is 0.425. The van der Waals surface area contributed by atoms with Crippen LogP contribution in [0.2, 0.25) is 0 Å². The highest BCUT2D eigenvalue weighted by atomic mass is 16.2. The molecule has 3 rings (SSSR count). The van der Waals surface area contributed by atoms with Gasteiger partial charge >= 0.3 is 11.7 Å². The third kappa shape index (κ3) is 5.19. The molecule has 1 saturated heterocycles. The van der Waals surface area contributed by atoms with Gasteiger partial charge in [-0.3, -0.25) is 28.8 Å². The zero-order valence-corrected chi connectivity index (χ0v) is 21.2. The highest BCUT2D eigenvalue weighted by molar-refractivity contribution is 6.10. The normalized spacial score (nSPS) is 17.5. The van der Waals surface area contributed by atoms with Crippen molar-refractivity contribution in [2.45, 2.75) is 59.0 Å². The molecule has 1 fully saturated rings. The Morgan fingerprint density at radius 2 is 1.81 bits per heavy atom. The van der Waals surface area contributed by atoms with Gasteiger partial charge in [0, 0.05) is 13.1 Å². The van der Waals surface area contributed by atoms with Crippen molar-refractivity contribution in [3.05, 3.63) is 56.7 Å². The molecule has 4 N–H and O–H groups in total. The number of urea groups is 1. The molecule has 1 aliphatic rings. The number of nitrogens with zero attached hydrogens (tertiary/aromatic N) is 3. The number of carbonyl (C=O) groups excluding carboxylic acids is 3. The van der Waals surface area contributed by atoms with Gasteiger partial charge < -0.3 is 16.0 Å². The molecule has 0 bridgehead atoms. The number of H-pyrrole nitrogens is 1. The molecule has 2 aromatic rings. The van der Waals surface area contributed by atoms with E-state index in [0.717, 1.165) is 11.3 Å². The molecule has 1 atom stereocenters. The number of hydrogen-bond acceptors (Lipinski definition) is 6. The Balaban J connectivity index is 1.97. The maximum atomic E-state index is 13.5. The Hall–Kier alpha value is -3.89. The first kappa shape index (κ1) is 26.7. The van der Waals surface area contributed by atoms with Gasteiger partial charge in [0.05, 0.1) is 0 Å². The molecule has 1 aromatic heterocycles. The summed E-state index contributed by atoms with van der Waals surface area (Å²) in [5.74, 6) is -1.18. The third-order valence-electron chi connectivity index (χ3n) is 6.37. The summed E-state index contributed by atoms with van der Waals surface area (Å²) in [6, 6.07) is 8.03. The third-order valence-corrected chi connectivity index (χ3v) is 6.37. The summed E-state index contributed by atoms with van der Waals surface area (Å²) in [7, 11) is 0. The second-order valence-corrected chi connectivity index (χ2v) is 9.54. The summed E-state index contributed by atoms with van der Waals surface area (Å²) >= 11 is 0. The van der Waals surface area contributed by atoms with Gasteiger partial charge in [0.2, 0.25) is 5.91 Å². The van der Waals surface area contributed by atoms with Gasteiger partial charge in [-0.25, -0.2) is 9.59 Å². The number of nitrogens with one attached hydrogen (secondary N) is 2. The minimum Gasteiger partial charge on any atom is -0.383 e. The van der Waals surface area contributed by atoms with Crippen molar-refractivity contribution in [1.82, 2.24) is 19.8 Å². The zero-order valence-electron chi connectivity index (χ0n) is 21.2. The van der Waals surface area contributed by atoms with Crippen LogP contribution in [-0.2, 0) is 21.7 Å². The lowest BCUT2D eigenvalue weighted by Crippen LogP contribution is -2.47. The minimum absolute atomic E-state index is 0.120. The Kier molecular flexibility index (Phi) is 8.01. The average Bonchev–Trinajstić information content (AvgIpc) is 3.05. The van der Waals surface area contributed by atoms with Gasteiger partial charge in [-0.1, -0.05) is 57.5 Å². The Bertz CT molecular complexity index is 1250. The molecule has 2 heterocycles. The number of carbonyl (C=O) groups is 3. The van der Waals surface area contributed by atoms with E-state index in [0.29, 0.717) is 18.4 Å². The van der Waals surface area contributed by atoms with Crippen molar-refractivity contribution in [2.24, 2.45) is 5.92 Å². The molecule has 194 valence electrons. The first-order valence-corrected chi connectivity index (χ1v) is 12.1. The van der Waals surface area contributed by atoms with Crippen molar-refractivity contribution in [1.29, 1.82) is 0 Å². The van der Waals surface area contributed by atoms with Crippen LogP contribution in [0.5, 0.6) is 0 Å². The molecule has 0 radical (unpaired) electrons. The van der Waals surface area contributed by atoms with E-state index in [1.165, 1.54) is 9.47 Å². The molecule has 1 unspecified atom stereocenters. The maximum Gasteiger partial charge on any atom is 0.330 e. The second-order valence-electron chi connectivity index (χ2n) is 9.54. The van der Waals surface area contributed by atoms with Crippen molar-refractivity contribution in [3.8, 4) is 0 Å². The lowest BCUT2D eigenvalue weighted by atomic mass is 9.92. The number of unbranched alkanes of at least 4 members (excludes halogenated alkanes) is 1. The van der Waals surface area contributed by atoms with Crippen molar-refractivity contribution in [2.75, 3.05) is 23.7 Å². The van der Waals surface area contributed by atoms with E-state index in [-0.39, 0.29) is 30.5 Å². The maximum absolute atomic E-state index is 13.5. The van der Waals surface area contributed by atoms with Gasteiger partial charge in [-0.15, -0.1) is 0 Å². The number of rotatable bonds is 10. The van der Waals surface area contributed by atoms with E-state index >= 15 is 0 Å². The van der Waals surface area contributed by atoms with Gasteiger partial charge in [0.15, 0.2) is 5.69 Å². The highest BCUT2D eigenvalue weighted by Gasteiger charge is 2.49. The molecule has 0 spiro atoms. The fraction of sp³-hybridized carbons (Fsp3) is 0.480. The predicted molar refractivity (Wildman–Crippen MR) is 136 cm³/mol. The summed E-state index contributed by atoms with van der Waals surface area (Å²) in [5.41, 5.74) is 3.89. The van der Waals surface area contributed by atoms with Gasteiger partial charge in [0.25, 0.3) is 11.5 Å². The first-order valence-electron chi connectivity index (χ1n) is 12.1. The van der Waals surface area contributed by atoms with Crippen LogP contribution in [0, 0.1) is 5.92 Å². The van der Waals surface area contributed by atoms with E-state index < -0.39 is 41.2 Å². The lowest BCUT2D eigenvalue weighted by molar-refractivity contribution is -0.134. The molecular weight excluding hydrogens is 464 g/mol. The number of aromatic amines is 1. The van der Waals surface area contributed by atoms with E-state index in [9.17, 15) is 24.0 Å². The van der Waals surface area contributed by atoms with Crippen LogP contribution in [0.4, 0.5) is 16.3 Å². The summed E-state index contributed by atoms with van der Waals surface area (Å²) in [4.78, 5) is 69.0. The molecular formula is C25H34N6O5. The largest absolute Gasteiger partial charge is 0.383 e. The van der Waals surface area contributed by atoms with Gasteiger partial charge in [-0.2, -0.15) is 0 Å². The molecule has 1 aliphatic heterocycles. The number of imide groups is 1. The minimum atomic E-state index is -1.33. The first-order chi connectivity index (χ1) is 17.0. The van der Waals surface area contributed by atoms with Crippen LogP contribution in [0.3, 0.4) is 0 Å². The van der Waals surface area contributed by atoms with Gasteiger partial charge in [0.1, 0.15) is 17.9 Å². The molecule has 0 aliphatic carbocycles. The van der Waals surface area contributed by atoms with Crippen LogP contribution in [0.15, 0.2) is 39.9 Å². The van der Waals surface area contributed by atoms with Crippen molar-refractivity contribution in [3.63, 3.8) is 0 Å². The van der Waals surface area contributed by atoms with Crippen LogP contribution < -0.4 is 27.2 Å². The summed E-state index contributed by atoms with van der Waals surface area (Å²) < 4.78 is 1.23. The number of nitrogens with two attached hydrogens (primary N) is 1. The van der Waals surface area contributed by atoms with Crippen LogP contribution in [-0.4, -0.2) is 45.4 Å². The van der Waals surface area contributed by atoms with Crippen LogP contribution >= 0.6 is 0 Å². The Morgan fingerprint density at radius 1 is 1.14 bits per heavy atom. The highest BCUT2D eigenvalue weighted by Crippen LogP contribution is 2.29. The Labute approximate surface area is 209 Å². The number of hydrogen-bond donors (Lipinski definition) is 3. The van der Waals surface area contributed by atoms with Crippen LogP contribution in [0.25, 0.3) is 0 Å². The van der Waals surface area contributed by atoms with E-state index in [1.807, 2.05) is 20.8 Å². The fourth-order valence-corrected chi connectivity index (χ4v) is 4.15. The molecule has 11 nitrogen and oxygen atoms in total. The second kappa shape index (κ2) is 10.8. The smallest absolute Gasteiger partial charge is 0.330 e. The average molecular weight is 499 g/mol. The number of anilines is 2. The van der Waals surface area contributed by atoms with Crippen LogP contribution in [0.1, 0.15) is 52.5 Å². The number of aromatic nitrogens is 2. The summed E-state index contributed by atoms with van der Waals surface area (Å²) in [6.07, 6.45) is 1.97. The number of benzene rings is 1. The van der Waals surface area contributed by atoms with E-state index in [2.05, 4.69) is 10.3 Å². The molecule has 11 heteroatoms. The van der Waals surface area contributed by atoms with E-state index in [1.54, 1.807) is 37.3 Å². The van der Waals surface area contributed by atoms with Crippen molar-refractivity contribution < 1.29 is 14.4 Å². The molecule has 0 saturated carbocycles. The standard InChI is InChI=1S/C25H34N6O5/c1-5-6-13-30-20(26)19(21(33)27-23(30)35)29(14-12-16(2)3)18(32)15-31-22(34)25(4,28-24(31)36)17-10-8-7-9-11-17/h7-11,16H,5-6,12-15,26H2,1-4H3,(H,28,36)(H,27,33,35). The van der Waals surface area contributed by atoms with E-state index in [4.69, 9.17) is 5.73 Å². The monoisotopic (exact) mass is 498 g/mol. The fourth-order valence-electron chi connectivity index (χ4n) is 4.15. The topological polar surface area (TPSA) is 151 Å². The predicted octanol–water partition coefficient (Wildman–Crippen LogP) is 1.77. The number of nitrogen functional groups attached to an aromatic ring is 1. The summed E-state index contributed by atoms with van der Waals surface area (Å²) in [6.45, 7) is 7.26. The molecule has 1 aromatic carbocycles.